The molecule has 1 aliphatic rings. The van der Waals surface area contributed by atoms with Crippen LogP contribution in [-0.2, 0) is 4.74 Å². The lowest BCUT2D eigenvalue weighted by Crippen LogP contribution is -2.30. The van der Waals surface area contributed by atoms with Crippen molar-refractivity contribution in [1.82, 2.24) is 4.98 Å². The quantitative estimate of drug-likeness (QED) is 0.856. The fraction of sp³-hybridized carbons (Fsp3) is 0.667. The van der Waals surface area contributed by atoms with Crippen LogP contribution in [0.4, 0.5) is 11.5 Å². The number of methoxy groups -OCH3 is 1. The second-order valence-corrected chi connectivity index (χ2v) is 5.55. The molecule has 1 saturated heterocycles. The molecule has 1 fully saturated rings. The summed E-state index contributed by atoms with van der Waals surface area (Å²) >= 11 is 0. The normalized spacial score (nSPS) is 16.9. The van der Waals surface area contributed by atoms with Gasteiger partial charge in [0.15, 0.2) is 0 Å². The van der Waals surface area contributed by atoms with Crippen molar-refractivity contribution in [1.29, 1.82) is 0 Å². The van der Waals surface area contributed by atoms with Gasteiger partial charge in [-0.1, -0.05) is 13.8 Å². The van der Waals surface area contributed by atoms with Crippen LogP contribution >= 0.6 is 0 Å². The number of nitrogens with zero attached hydrogens (tertiary/aromatic N) is 2. The summed E-state index contributed by atoms with van der Waals surface area (Å²) in [5.74, 6) is 1.62. The molecule has 4 nitrogen and oxygen atoms in total. The average molecular weight is 263 g/mol. The van der Waals surface area contributed by atoms with Gasteiger partial charge in [-0.2, -0.15) is 0 Å². The van der Waals surface area contributed by atoms with Crippen molar-refractivity contribution in [3.05, 3.63) is 18.3 Å². The largest absolute Gasteiger partial charge is 0.383 e. The SMILES string of the molecule is COCC(Nc1ccc(N2CCCC2)nc1)C(C)C. The number of ether oxygens (including phenoxy) is 1. The lowest BCUT2D eigenvalue weighted by Gasteiger charge is -2.23. The van der Waals surface area contributed by atoms with Crippen molar-refractivity contribution in [2.45, 2.75) is 32.7 Å². The number of aromatic nitrogens is 1. The van der Waals surface area contributed by atoms with E-state index in [0.29, 0.717) is 18.6 Å². The van der Waals surface area contributed by atoms with Gasteiger partial charge in [0, 0.05) is 20.2 Å². The lowest BCUT2D eigenvalue weighted by molar-refractivity contribution is 0.171. The van der Waals surface area contributed by atoms with Crippen LogP contribution in [0.1, 0.15) is 26.7 Å². The maximum absolute atomic E-state index is 5.25. The van der Waals surface area contributed by atoms with Crippen LogP contribution < -0.4 is 10.2 Å². The third-order valence-electron chi connectivity index (χ3n) is 3.68. The molecule has 1 aromatic rings. The maximum Gasteiger partial charge on any atom is 0.128 e. The first-order valence-electron chi connectivity index (χ1n) is 7.17. The van der Waals surface area contributed by atoms with Crippen LogP contribution in [0.15, 0.2) is 18.3 Å². The van der Waals surface area contributed by atoms with E-state index in [2.05, 4.69) is 41.2 Å². The molecule has 0 spiro atoms. The predicted octanol–water partition coefficient (Wildman–Crippen LogP) is 2.76. The summed E-state index contributed by atoms with van der Waals surface area (Å²) in [7, 11) is 1.74. The van der Waals surface area contributed by atoms with Gasteiger partial charge in [-0.05, 0) is 30.9 Å². The fourth-order valence-corrected chi connectivity index (χ4v) is 2.40. The highest BCUT2D eigenvalue weighted by molar-refractivity contribution is 5.49. The molecule has 1 N–H and O–H groups in total. The van der Waals surface area contributed by atoms with Crippen molar-refractivity contribution in [2.75, 3.05) is 37.0 Å². The van der Waals surface area contributed by atoms with Gasteiger partial charge in [-0.15, -0.1) is 0 Å². The standard InChI is InChI=1S/C15H25N3O/c1-12(2)14(11-19-3)17-13-6-7-15(16-10-13)18-8-4-5-9-18/h6-7,10,12,14,17H,4-5,8-9,11H2,1-3H3. The Morgan fingerprint density at radius 3 is 2.58 bits per heavy atom. The number of rotatable bonds is 6. The summed E-state index contributed by atoms with van der Waals surface area (Å²) in [5, 5.41) is 3.49. The van der Waals surface area contributed by atoms with E-state index in [4.69, 9.17) is 4.74 Å². The van der Waals surface area contributed by atoms with E-state index in [9.17, 15) is 0 Å². The Balaban J connectivity index is 1.97. The number of nitrogens with one attached hydrogen (secondary N) is 1. The molecule has 1 atom stereocenters. The first-order chi connectivity index (χ1) is 9.20. The molecule has 1 aromatic heterocycles. The summed E-state index contributed by atoms with van der Waals surface area (Å²) in [6.07, 6.45) is 4.49. The first kappa shape index (κ1) is 14.1. The summed E-state index contributed by atoms with van der Waals surface area (Å²) in [6, 6.07) is 4.55. The summed E-state index contributed by atoms with van der Waals surface area (Å²) in [5.41, 5.74) is 1.07. The van der Waals surface area contributed by atoms with Crippen LogP contribution in [0, 0.1) is 5.92 Å². The van der Waals surface area contributed by atoms with Gasteiger partial charge in [0.1, 0.15) is 5.82 Å². The van der Waals surface area contributed by atoms with Crippen molar-refractivity contribution in [2.24, 2.45) is 5.92 Å². The summed E-state index contributed by atoms with van der Waals surface area (Å²) < 4.78 is 5.25. The second kappa shape index (κ2) is 6.75. The van der Waals surface area contributed by atoms with Gasteiger partial charge in [0.25, 0.3) is 0 Å². The van der Waals surface area contributed by atoms with Crippen LogP contribution in [-0.4, -0.2) is 37.8 Å². The van der Waals surface area contributed by atoms with Crippen molar-refractivity contribution >= 4 is 11.5 Å². The van der Waals surface area contributed by atoms with Gasteiger partial charge in [-0.25, -0.2) is 4.98 Å². The zero-order valence-electron chi connectivity index (χ0n) is 12.2. The van der Waals surface area contributed by atoms with Gasteiger partial charge in [-0.3, -0.25) is 0 Å². The first-order valence-corrected chi connectivity index (χ1v) is 7.17. The van der Waals surface area contributed by atoms with Crippen LogP contribution in [0.25, 0.3) is 0 Å². The molecule has 0 radical (unpaired) electrons. The van der Waals surface area contributed by atoms with Gasteiger partial charge >= 0.3 is 0 Å². The average Bonchev–Trinajstić information content (AvgIpc) is 2.93. The minimum absolute atomic E-state index is 0.324. The molecular weight excluding hydrogens is 238 g/mol. The summed E-state index contributed by atoms with van der Waals surface area (Å²) in [6.45, 7) is 7.38. The topological polar surface area (TPSA) is 37.4 Å². The molecule has 1 aliphatic heterocycles. The highest BCUT2D eigenvalue weighted by atomic mass is 16.5. The lowest BCUT2D eigenvalue weighted by atomic mass is 10.1. The van der Waals surface area contributed by atoms with Crippen molar-refractivity contribution in [3.63, 3.8) is 0 Å². The minimum Gasteiger partial charge on any atom is -0.383 e. The second-order valence-electron chi connectivity index (χ2n) is 5.55. The molecule has 0 aromatic carbocycles. The Kier molecular flexibility index (Phi) is 5.02. The van der Waals surface area contributed by atoms with Crippen LogP contribution in [0.3, 0.4) is 0 Å². The smallest absolute Gasteiger partial charge is 0.128 e. The van der Waals surface area contributed by atoms with E-state index in [1.54, 1.807) is 7.11 Å². The van der Waals surface area contributed by atoms with Gasteiger partial charge in [0.2, 0.25) is 0 Å². The van der Waals surface area contributed by atoms with Crippen LogP contribution in [0.5, 0.6) is 0 Å². The van der Waals surface area contributed by atoms with Crippen molar-refractivity contribution in [3.8, 4) is 0 Å². The Bertz CT molecular complexity index is 371. The molecule has 19 heavy (non-hydrogen) atoms. The Hall–Kier alpha value is -1.29. The molecule has 106 valence electrons. The number of anilines is 2. The molecule has 0 bridgehead atoms. The maximum atomic E-state index is 5.25. The third kappa shape index (κ3) is 3.83. The van der Waals surface area contributed by atoms with E-state index < -0.39 is 0 Å². The zero-order valence-corrected chi connectivity index (χ0v) is 12.2. The van der Waals surface area contributed by atoms with Crippen LogP contribution in [0.2, 0.25) is 0 Å². The molecule has 0 aliphatic carbocycles. The van der Waals surface area contributed by atoms with E-state index in [1.165, 1.54) is 12.8 Å². The zero-order chi connectivity index (χ0) is 13.7. The number of hydrogen-bond donors (Lipinski definition) is 1. The molecule has 2 rings (SSSR count). The highest BCUT2D eigenvalue weighted by Crippen LogP contribution is 2.20. The van der Waals surface area contributed by atoms with Gasteiger partial charge < -0.3 is 15.0 Å². The molecular formula is C15H25N3O. The van der Waals surface area contributed by atoms with E-state index >= 15 is 0 Å². The Morgan fingerprint density at radius 1 is 1.32 bits per heavy atom. The van der Waals surface area contributed by atoms with E-state index in [1.807, 2.05) is 6.20 Å². The molecule has 1 unspecified atom stereocenters. The molecule has 2 heterocycles. The molecule has 0 amide bonds. The van der Waals surface area contributed by atoms with Crippen molar-refractivity contribution < 1.29 is 4.74 Å². The van der Waals surface area contributed by atoms with E-state index in [-0.39, 0.29) is 0 Å². The number of hydrogen-bond acceptors (Lipinski definition) is 4. The highest BCUT2D eigenvalue weighted by Gasteiger charge is 2.15. The molecule has 0 saturated carbocycles. The monoisotopic (exact) mass is 263 g/mol. The Morgan fingerprint density at radius 2 is 2.05 bits per heavy atom. The molecule has 4 heteroatoms. The Labute approximate surface area is 116 Å². The summed E-state index contributed by atoms with van der Waals surface area (Å²) in [4.78, 5) is 6.90. The third-order valence-corrected chi connectivity index (χ3v) is 3.68. The van der Waals surface area contributed by atoms with Gasteiger partial charge in [0.05, 0.1) is 24.5 Å². The predicted molar refractivity (Wildman–Crippen MR) is 79.8 cm³/mol. The fourth-order valence-electron chi connectivity index (χ4n) is 2.40. The minimum atomic E-state index is 0.324. The number of pyridine rings is 1. The van der Waals surface area contributed by atoms with E-state index in [0.717, 1.165) is 24.6 Å².